The molecule has 0 spiro atoms. The Kier molecular flexibility index (Phi) is 5.34. The normalized spacial score (nSPS) is 17.4. The zero-order chi connectivity index (χ0) is 16.2. The van der Waals surface area contributed by atoms with Crippen LogP contribution in [-0.4, -0.2) is 29.2 Å². The van der Waals surface area contributed by atoms with E-state index in [0.717, 1.165) is 30.4 Å². The van der Waals surface area contributed by atoms with Gasteiger partial charge in [0.25, 0.3) is 0 Å². The molecule has 1 aliphatic rings. The van der Waals surface area contributed by atoms with Crippen LogP contribution in [0.2, 0.25) is 0 Å². The number of carbonyl (C=O) groups excluding carboxylic acids is 1. The molecule has 3 rings (SSSR count). The van der Waals surface area contributed by atoms with Crippen LogP contribution in [0, 0.1) is 11.7 Å². The van der Waals surface area contributed by atoms with E-state index in [4.69, 9.17) is 0 Å². The molecule has 2 heterocycles. The van der Waals surface area contributed by atoms with Crippen molar-refractivity contribution in [3.8, 4) is 10.6 Å². The second kappa shape index (κ2) is 7.46. The maximum Gasteiger partial charge on any atom is 0.226 e. The number of rotatable bonds is 5. The second-order valence-electron chi connectivity index (χ2n) is 5.48. The van der Waals surface area contributed by atoms with Crippen LogP contribution in [0.1, 0.15) is 19.3 Å². The van der Waals surface area contributed by atoms with Crippen molar-refractivity contribution in [1.29, 1.82) is 0 Å². The van der Waals surface area contributed by atoms with Crippen molar-refractivity contribution in [1.82, 2.24) is 15.5 Å². The average molecular weight is 399 g/mol. The third-order valence-corrected chi connectivity index (χ3v) is 5.14. The molecule has 2 aromatic rings. The van der Waals surface area contributed by atoms with E-state index in [9.17, 15) is 9.18 Å². The highest BCUT2D eigenvalue weighted by molar-refractivity contribution is 9.10. The van der Waals surface area contributed by atoms with E-state index in [-0.39, 0.29) is 11.7 Å². The minimum absolute atomic E-state index is 0.0747. The van der Waals surface area contributed by atoms with Crippen molar-refractivity contribution in [3.05, 3.63) is 28.5 Å². The topological polar surface area (TPSA) is 66.9 Å². The third-order valence-electron chi connectivity index (χ3n) is 3.77. The Hall–Kier alpha value is -1.38. The Morgan fingerprint density at radius 3 is 3.13 bits per heavy atom. The van der Waals surface area contributed by atoms with Crippen LogP contribution in [0.25, 0.3) is 10.6 Å². The van der Waals surface area contributed by atoms with Gasteiger partial charge in [-0.2, -0.15) is 0 Å². The van der Waals surface area contributed by atoms with Gasteiger partial charge in [-0.1, -0.05) is 27.3 Å². The number of aromatic nitrogens is 2. The fraction of sp³-hybridized carbons (Fsp3) is 0.400. The van der Waals surface area contributed by atoms with Crippen LogP contribution in [0.3, 0.4) is 0 Å². The van der Waals surface area contributed by atoms with Crippen LogP contribution < -0.4 is 10.6 Å². The number of hydrogen-bond acceptors (Lipinski definition) is 5. The summed E-state index contributed by atoms with van der Waals surface area (Å²) in [4.78, 5) is 12.0. The minimum Gasteiger partial charge on any atom is -0.316 e. The highest BCUT2D eigenvalue weighted by Crippen LogP contribution is 2.30. The largest absolute Gasteiger partial charge is 0.316 e. The standard InChI is InChI=1S/C15H16BrFN4OS/c16-10-2-3-12(17)11(7-10)14-20-21-15(23-14)19-13(22)4-1-9-5-6-18-8-9/h2-3,7,9,18H,1,4-6,8H2,(H,19,21,22). The van der Waals surface area contributed by atoms with Crippen molar-refractivity contribution in [2.24, 2.45) is 5.92 Å². The molecule has 0 bridgehead atoms. The molecule has 2 N–H and O–H groups in total. The first-order valence-electron chi connectivity index (χ1n) is 7.41. The van der Waals surface area contributed by atoms with Crippen LogP contribution in [0.15, 0.2) is 22.7 Å². The molecular weight excluding hydrogens is 383 g/mol. The Morgan fingerprint density at radius 2 is 2.35 bits per heavy atom. The van der Waals surface area contributed by atoms with Crippen LogP contribution >= 0.6 is 27.3 Å². The van der Waals surface area contributed by atoms with Gasteiger partial charge in [-0.05, 0) is 50.0 Å². The molecule has 122 valence electrons. The molecule has 23 heavy (non-hydrogen) atoms. The highest BCUT2D eigenvalue weighted by Gasteiger charge is 2.17. The minimum atomic E-state index is -0.365. The summed E-state index contributed by atoms with van der Waals surface area (Å²) in [5.41, 5.74) is 0.370. The smallest absolute Gasteiger partial charge is 0.226 e. The van der Waals surface area contributed by atoms with Crippen molar-refractivity contribution < 1.29 is 9.18 Å². The summed E-state index contributed by atoms with van der Waals surface area (Å²) in [6.07, 6.45) is 2.45. The predicted octanol–water partition coefficient (Wildman–Crippen LogP) is 3.43. The molecule has 0 radical (unpaired) electrons. The zero-order valence-corrected chi connectivity index (χ0v) is 14.7. The predicted molar refractivity (Wildman–Crippen MR) is 91.8 cm³/mol. The van der Waals surface area contributed by atoms with E-state index < -0.39 is 0 Å². The van der Waals surface area contributed by atoms with Gasteiger partial charge in [0.1, 0.15) is 5.82 Å². The average Bonchev–Trinajstić information content (AvgIpc) is 3.19. The van der Waals surface area contributed by atoms with Crippen molar-refractivity contribution in [2.45, 2.75) is 19.3 Å². The molecule has 1 aliphatic heterocycles. The molecule has 0 aliphatic carbocycles. The van der Waals surface area contributed by atoms with Gasteiger partial charge in [-0.25, -0.2) is 4.39 Å². The second-order valence-corrected chi connectivity index (χ2v) is 7.38. The zero-order valence-electron chi connectivity index (χ0n) is 12.3. The van der Waals surface area contributed by atoms with Gasteiger partial charge in [0.2, 0.25) is 11.0 Å². The maximum absolute atomic E-state index is 13.8. The summed E-state index contributed by atoms with van der Waals surface area (Å²) in [5, 5.41) is 14.8. The SMILES string of the molecule is O=C(CCC1CCNC1)Nc1nnc(-c2cc(Br)ccc2F)s1. The monoisotopic (exact) mass is 398 g/mol. The van der Waals surface area contributed by atoms with Gasteiger partial charge < -0.3 is 10.6 Å². The van der Waals surface area contributed by atoms with E-state index in [1.165, 1.54) is 17.4 Å². The Balaban J connectivity index is 1.60. The fourth-order valence-electron chi connectivity index (χ4n) is 2.52. The lowest BCUT2D eigenvalue weighted by molar-refractivity contribution is -0.116. The molecule has 1 amide bonds. The van der Waals surface area contributed by atoms with Crippen LogP contribution in [0.5, 0.6) is 0 Å². The van der Waals surface area contributed by atoms with E-state index in [0.29, 0.717) is 28.0 Å². The van der Waals surface area contributed by atoms with E-state index in [1.807, 2.05) is 0 Å². The highest BCUT2D eigenvalue weighted by atomic mass is 79.9. The van der Waals surface area contributed by atoms with Gasteiger partial charge >= 0.3 is 0 Å². The molecule has 0 saturated carbocycles. The first-order chi connectivity index (χ1) is 11.1. The number of anilines is 1. The maximum atomic E-state index is 13.8. The van der Waals surface area contributed by atoms with Gasteiger partial charge in [-0.3, -0.25) is 4.79 Å². The quantitative estimate of drug-likeness (QED) is 0.809. The molecule has 1 aromatic heterocycles. The number of amides is 1. The molecule has 1 atom stereocenters. The van der Waals surface area contributed by atoms with E-state index in [1.54, 1.807) is 12.1 Å². The van der Waals surface area contributed by atoms with Crippen LogP contribution in [-0.2, 0) is 4.79 Å². The summed E-state index contributed by atoms with van der Waals surface area (Å²) in [5.74, 6) is 0.131. The fourth-order valence-corrected chi connectivity index (χ4v) is 3.66. The molecule has 1 aromatic carbocycles. The third kappa shape index (κ3) is 4.33. The Labute approximate surface area is 145 Å². The molecule has 1 fully saturated rings. The number of hydrogen-bond donors (Lipinski definition) is 2. The summed E-state index contributed by atoms with van der Waals surface area (Å²) >= 11 is 4.48. The number of nitrogens with one attached hydrogen (secondary N) is 2. The van der Waals surface area contributed by atoms with Crippen LogP contribution in [0.4, 0.5) is 9.52 Å². The van der Waals surface area contributed by atoms with Gasteiger partial charge in [-0.15, -0.1) is 10.2 Å². The molecular formula is C15H16BrFN4OS. The summed E-state index contributed by atoms with van der Waals surface area (Å²) in [7, 11) is 0. The number of nitrogens with zero attached hydrogens (tertiary/aromatic N) is 2. The Morgan fingerprint density at radius 1 is 1.48 bits per heavy atom. The first-order valence-corrected chi connectivity index (χ1v) is 9.02. The summed E-state index contributed by atoms with van der Waals surface area (Å²) < 4.78 is 14.6. The number of carbonyl (C=O) groups is 1. The lowest BCUT2D eigenvalue weighted by Crippen LogP contribution is -2.14. The molecule has 1 saturated heterocycles. The lowest BCUT2D eigenvalue weighted by atomic mass is 10.0. The van der Waals surface area contributed by atoms with Crippen molar-refractivity contribution in [3.63, 3.8) is 0 Å². The Bertz CT molecular complexity index is 703. The number of halogens is 2. The van der Waals surface area contributed by atoms with Gasteiger partial charge in [0, 0.05) is 16.5 Å². The van der Waals surface area contributed by atoms with E-state index >= 15 is 0 Å². The number of benzene rings is 1. The van der Waals surface area contributed by atoms with E-state index in [2.05, 4.69) is 36.8 Å². The molecule has 1 unspecified atom stereocenters. The van der Waals surface area contributed by atoms with Crippen molar-refractivity contribution >= 4 is 38.3 Å². The van der Waals surface area contributed by atoms with Crippen molar-refractivity contribution in [2.75, 3.05) is 18.4 Å². The molecule has 8 heteroatoms. The van der Waals surface area contributed by atoms with Gasteiger partial charge in [0.05, 0.1) is 0 Å². The molecule has 5 nitrogen and oxygen atoms in total. The summed E-state index contributed by atoms with van der Waals surface area (Å²) in [6.45, 7) is 2.02. The first kappa shape index (κ1) is 16.5. The summed E-state index contributed by atoms with van der Waals surface area (Å²) in [6, 6.07) is 4.64. The lowest BCUT2D eigenvalue weighted by Gasteiger charge is -2.06. The van der Waals surface area contributed by atoms with Gasteiger partial charge in [0.15, 0.2) is 5.01 Å².